The molecular formula is C21H22ClNO7S. The Balaban J connectivity index is 1.65. The molecule has 0 aliphatic carbocycles. The lowest BCUT2D eigenvalue weighted by Gasteiger charge is -2.13. The van der Waals surface area contributed by atoms with Crippen LogP contribution in [0.4, 0.5) is 0 Å². The lowest BCUT2D eigenvalue weighted by molar-refractivity contribution is 0.0471. The van der Waals surface area contributed by atoms with Gasteiger partial charge in [0.1, 0.15) is 11.5 Å². The molecule has 1 N–H and O–H groups in total. The molecule has 1 heterocycles. The molecule has 2 aromatic carbocycles. The molecule has 3 rings (SSSR count). The topological polar surface area (TPSA) is 108 Å². The van der Waals surface area contributed by atoms with Crippen LogP contribution in [-0.4, -0.2) is 46.7 Å². The number of hydrogen-bond donors (Lipinski definition) is 1. The third kappa shape index (κ3) is 6.04. The van der Waals surface area contributed by atoms with Gasteiger partial charge in [-0.1, -0.05) is 23.7 Å². The molecule has 1 fully saturated rings. The van der Waals surface area contributed by atoms with Gasteiger partial charge in [-0.3, -0.25) is 0 Å². The number of halogens is 1. The predicted octanol–water partition coefficient (Wildman–Crippen LogP) is 2.94. The number of benzene rings is 2. The second kappa shape index (κ2) is 10.2. The fourth-order valence-corrected chi connectivity index (χ4v) is 4.60. The van der Waals surface area contributed by atoms with Crippen molar-refractivity contribution in [2.45, 2.75) is 30.4 Å². The molecule has 0 amide bonds. The molecule has 1 aliphatic rings. The van der Waals surface area contributed by atoms with Crippen LogP contribution >= 0.6 is 11.6 Å². The van der Waals surface area contributed by atoms with E-state index in [2.05, 4.69) is 9.46 Å². The van der Waals surface area contributed by atoms with Crippen LogP contribution < -0.4 is 4.72 Å². The van der Waals surface area contributed by atoms with Crippen molar-refractivity contribution in [3.05, 3.63) is 64.2 Å². The molecule has 1 aliphatic heterocycles. The number of carbonyl (C=O) groups excluding carboxylic acids is 2. The standard InChI is InChI=1S/C21H22ClNO7S/c1-28-20(24)15-6-4-14(5-7-15)13-30-21(25)16-8-9-18(22)19(11-16)31(26,27)23-12-17-3-2-10-29-17/h4-9,11,17,23H,2-3,10,12-13H2,1H3. The predicted molar refractivity (Wildman–Crippen MR) is 113 cm³/mol. The highest BCUT2D eigenvalue weighted by atomic mass is 35.5. The Bertz CT molecular complexity index is 1050. The quantitative estimate of drug-likeness (QED) is 0.594. The average molecular weight is 468 g/mol. The maximum absolute atomic E-state index is 12.6. The van der Waals surface area contributed by atoms with E-state index in [0.717, 1.165) is 12.8 Å². The van der Waals surface area contributed by atoms with Gasteiger partial charge in [0.25, 0.3) is 0 Å². The average Bonchev–Trinajstić information content (AvgIpc) is 3.30. The maximum Gasteiger partial charge on any atom is 0.338 e. The van der Waals surface area contributed by atoms with Crippen LogP contribution in [0.2, 0.25) is 5.02 Å². The van der Waals surface area contributed by atoms with Crippen molar-refractivity contribution in [3.8, 4) is 0 Å². The molecular weight excluding hydrogens is 446 g/mol. The molecule has 0 radical (unpaired) electrons. The Morgan fingerprint density at radius 3 is 2.48 bits per heavy atom. The molecule has 166 valence electrons. The largest absolute Gasteiger partial charge is 0.465 e. The van der Waals surface area contributed by atoms with Gasteiger partial charge in [-0.2, -0.15) is 0 Å². The zero-order valence-corrected chi connectivity index (χ0v) is 18.4. The van der Waals surface area contributed by atoms with Crippen molar-refractivity contribution in [2.24, 2.45) is 0 Å². The van der Waals surface area contributed by atoms with E-state index in [1.807, 2.05) is 0 Å². The Morgan fingerprint density at radius 2 is 1.84 bits per heavy atom. The normalized spacial score (nSPS) is 16.1. The second-order valence-electron chi connectivity index (χ2n) is 6.90. The number of sulfonamides is 1. The monoisotopic (exact) mass is 467 g/mol. The number of methoxy groups -OCH3 is 1. The van der Waals surface area contributed by atoms with Gasteiger partial charge < -0.3 is 14.2 Å². The molecule has 0 saturated carbocycles. The molecule has 0 aromatic heterocycles. The maximum atomic E-state index is 12.6. The summed E-state index contributed by atoms with van der Waals surface area (Å²) in [6.07, 6.45) is 1.50. The van der Waals surface area contributed by atoms with Crippen molar-refractivity contribution in [2.75, 3.05) is 20.3 Å². The summed E-state index contributed by atoms with van der Waals surface area (Å²) in [5.74, 6) is -1.17. The van der Waals surface area contributed by atoms with Crippen molar-refractivity contribution in [1.82, 2.24) is 4.72 Å². The summed E-state index contributed by atoms with van der Waals surface area (Å²) in [4.78, 5) is 23.7. The van der Waals surface area contributed by atoms with Gasteiger partial charge in [0.15, 0.2) is 0 Å². The van der Waals surface area contributed by atoms with E-state index >= 15 is 0 Å². The first kappa shape index (κ1) is 23.2. The smallest absolute Gasteiger partial charge is 0.338 e. The molecule has 8 nitrogen and oxygen atoms in total. The zero-order chi connectivity index (χ0) is 22.4. The van der Waals surface area contributed by atoms with Gasteiger partial charge >= 0.3 is 11.9 Å². The first-order chi connectivity index (χ1) is 14.8. The number of esters is 2. The molecule has 1 unspecified atom stereocenters. The molecule has 31 heavy (non-hydrogen) atoms. The molecule has 10 heteroatoms. The SMILES string of the molecule is COC(=O)c1ccc(COC(=O)c2ccc(Cl)c(S(=O)(=O)NCC3CCCO3)c2)cc1. The van der Waals surface area contributed by atoms with E-state index in [4.69, 9.17) is 21.1 Å². The van der Waals surface area contributed by atoms with Crippen LogP contribution in [0.1, 0.15) is 39.1 Å². The lowest BCUT2D eigenvalue weighted by Crippen LogP contribution is -2.32. The fourth-order valence-electron chi connectivity index (χ4n) is 3.01. The molecule has 1 atom stereocenters. The molecule has 0 bridgehead atoms. The highest BCUT2D eigenvalue weighted by Gasteiger charge is 2.23. The van der Waals surface area contributed by atoms with Crippen LogP contribution in [0.5, 0.6) is 0 Å². The molecule has 2 aromatic rings. The summed E-state index contributed by atoms with van der Waals surface area (Å²) in [5, 5.41) is -0.00482. The number of ether oxygens (including phenoxy) is 3. The van der Waals surface area contributed by atoms with E-state index in [-0.39, 0.29) is 34.7 Å². The van der Waals surface area contributed by atoms with Crippen molar-refractivity contribution >= 4 is 33.6 Å². The highest BCUT2D eigenvalue weighted by Crippen LogP contribution is 2.24. The van der Waals surface area contributed by atoms with Gasteiger partial charge in [0.2, 0.25) is 10.0 Å². The summed E-state index contributed by atoms with van der Waals surface area (Å²) in [6.45, 7) is 0.692. The third-order valence-electron chi connectivity index (χ3n) is 4.73. The second-order valence-corrected chi connectivity index (χ2v) is 9.04. The van der Waals surface area contributed by atoms with Crippen molar-refractivity contribution in [3.63, 3.8) is 0 Å². The van der Waals surface area contributed by atoms with Crippen LogP contribution in [0.15, 0.2) is 47.4 Å². The van der Waals surface area contributed by atoms with Crippen LogP contribution in [0, 0.1) is 0 Å². The van der Waals surface area contributed by atoms with E-state index in [9.17, 15) is 18.0 Å². The molecule has 1 saturated heterocycles. The number of nitrogens with one attached hydrogen (secondary N) is 1. The Hall–Kier alpha value is -2.46. The summed E-state index contributed by atoms with van der Waals surface area (Å²) in [5.41, 5.74) is 1.08. The summed E-state index contributed by atoms with van der Waals surface area (Å²) in [7, 11) is -2.64. The Morgan fingerprint density at radius 1 is 1.13 bits per heavy atom. The Kier molecular flexibility index (Phi) is 7.66. The van der Waals surface area contributed by atoms with Crippen molar-refractivity contribution < 1.29 is 32.2 Å². The first-order valence-corrected chi connectivity index (χ1v) is 11.4. The minimum atomic E-state index is -3.93. The number of carbonyl (C=O) groups is 2. The lowest BCUT2D eigenvalue weighted by atomic mass is 10.1. The zero-order valence-electron chi connectivity index (χ0n) is 16.8. The van der Waals surface area contributed by atoms with Gasteiger partial charge in [-0.15, -0.1) is 0 Å². The minimum Gasteiger partial charge on any atom is -0.465 e. The van der Waals surface area contributed by atoms with Crippen LogP contribution in [0.3, 0.4) is 0 Å². The van der Waals surface area contributed by atoms with Crippen LogP contribution in [-0.2, 0) is 30.8 Å². The summed E-state index contributed by atoms with van der Waals surface area (Å²) < 4.78 is 43.0. The third-order valence-corrected chi connectivity index (χ3v) is 6.63. The van der Waals surface area contributed by atoms with E-state index in [1.165, 1.54) is 25.3 Å². The van der Waals surface area contributed by atoms with E-state index in [1.54, 1.807) is 24.3 Å². The van der Waals surface area contributed by atoms with Crippen molar-refractivity contribution in [1.29, 1.82) is 0 Å². The Labute approximate surface area is 185 Å². The van der Waals surface area contributed by atoms with Gasteiger partial charge in [-0.25, -0.2) is 22.7 Å². The fraction of sp³-hybridized carbons (Fsp3) is 0.333. The number of rotatable bonds is 8. The van der Waals surface area contributed by atoms with E-state index < -0.39 is 22.0 Å². The summed E-state index contributed by atoms with van der Waals surface area (Å²) >= 11 is 6.07. The first-order valence-electron chi connectivity index (χ1n) is 9.55. The van der Waals surface area contributed by atoms with Gasteiger partial charge in [0.05, 0.1) is 29.4 Å². The highest BCUT2D eigenvalue weighted by molar-refractivity contribution is 7.89. The van der Waals surface area contributed by atoms with Gasteiger partial charge in [-0.05, 0) is 48.7 Å². The van der Waals surface area contributed by atoms with E-state index in [0.29, 0.717) is 17.7 Å². The summed E-state index contributed by atoms with van der Waals surface area (Å²) in [6, 6.07) is 10.3. The minimum absolute atomic E-state index is 0.00482. The van der Waals surface area contributed by atoms with Crippen LogP contribution in [0.25, 0.3) is 0 Å². The van der Waals surface area contributed by atoms with Gasteiger partial charge in [0, 0.05) is 13.2 Å². The molecule has 0 spiro atoms. The number of hydrogen-bond acceptors (Lipinski definition) is 7.